The lowest BCUT2D eigenvalue weighted by molar-refractivity contribution is -0.156. The lowest BCUT2D eigenvalue weighted by Gasteiger charge is -2.32. The summed E-state index contributed by atoms with van der Waals surface area (Å²) in [6.07, 6.45) is 1.69. The lowest BCUT2D eigenvalue weighted by atomic mass is 9.90. The van der Waals surface area contributed by atoms with Gasteiger partial charge in [0.1, 0.15) is 17.5 Å². The Kier molecular flexibility index (Phi) is 4.95. The molecule has 140 valence electrons. The first-order valence-electron chi connectivity index (χ1n) is 8.74. The van der Waals surface area contributed by atoms with Crippen molar-refractivity contribution in [2.75, 3.05) is 6.54 Å². The molecule has 0 aliphatic carbocycles. The van der Waals surface area contributed by atoms with Gasteiger partial charge in [-0.25, -0.2) is 4.79 Å². The number of benzene rings is 1. The molecule has 1 fully saturated rings. The maximum atomic E-state index is 12.9. The predicted molar refractivity (Wildman–Crippen MR) is 93.9 cm³/mol. The molecule has 1 saturated heterocycles. The van der Waals surface area contributed by atoms with Crippen molar-refractivity contribution in [1.82, 2.24) is 4.90 Å². The van der Waals surface area contributed by atoms with E-state index in [0.29, 0.717) is 37.2 Å². The van der Waals surface area contributed by atoms with Crippen molar-refractivity contribution in [2.24, 2.45) is 11.1 Å². The Morgan fingerprint density at radius 3 is 2.58 bits per heavy atom. The molecule has 2 N–H and O–H groups in total. The van der Waals surface area contributed by atoms with Crippen LogP contribution in [0.25, 0.3) is 0 Å². The molecule has 26 heavy (non-hydrogen) atoms. The summed E-state index contributed by atoms with van der Waals surface area (Å²) < 4.78 is 6.04. The Morgan fingerprint density at radius 1 is 1.19 bits per heavy atom. The van der Waals surface area contributed by atoms with Crippen LogP contribution < -0.4 is 10.6 Å². The summed E-state index contributed by atoms with van der Waals surface area (Å²) in [6.45, 7) is 6.01. The third-order valence-corrected chi connectivity index (χ3v) is 5.55. The van der Waals surface area contributed by atoms with Gasteiger partial charge in [-0.15, -0.1) is 4.91 Å². The molecule has 2 aliphatic heterocycles. The molecule has 1 aromatic carbocycles. The van der Waals surface area contributed by atoms with E-state index in [1.54, 1.807) is 0 Å². The van der Waals surface area contributed by atoms with Crippen LogP contribution in [0.1, 0.15) is 41.5 Å². The van der Waals surface area contributed by atoms with Gasteiger partial charge in [0.05, 0.1) is 0 Å². The quantitative estimate of drug-likeness (QED) is 0.652. The van der Waals surface area contributed by atoms with Gasteiger partial charge < -0.3 is 14.5 Å². The molecule has 0 aromatic heterocycles. The van der Waals surface area contributed by atoms with Crippen molar-refractivity contribution in [1.29, 1.82) is 0 Å². The fraction of sp³-hybridized carbons (Fsp3) is 0.556. The third kappa shape index (κ3) is 2.84. The van der Waals surface area contributed by atoms with Crippen molar-refractivity contribution in [3.8, 4) is 5.75 Å². The standard InChI is InChI=1S/C18H23N3O5/c1-9-10(2)16-12(11(3)15(9)20-24)6-7-14(25-16)17(22)21-8-4-5-13(21)18(23)26-19/h13-14H,4-8,19H2,1-3H3/t13-,14?/m0/s1. The van der Waals surface area contributed by atoms with Gasteiger partial charge in [0.2, 0.25) is 0 Å². The first kappa shape index (κ1) is 18.3. The van der Waals surface area contributed by atoms with E-state index in [9.17, 15) is 14.5 Å². The van der Waals surface area contributed by atoms with Crippen molar-refractivity contribution in [2.45, 2.75) is 58.6 Å². The first-order chi connectivity index (χ1) is 12.4. The van der Waals surface area contributed by atoms with Crippen LogP contribution in [0.2, 0.25) is 0 Å². The zero-order valence-corrected chi connectivity index (χ0v) is 15.2. The highest BCUT2D eigenvalue weighted by atomic mass is 16.7. The molecule has 0 saturated carbocycles. The van der Waals surface area contributed by atoms with E-state index in [0.717, 1.165) is 28.7 Å². The Morgan fingerprint density at radius 2 is 1.92 bits per heavy atom. The SMILES string of the molecule is Cc1c(C)c2c(c(C)c1N=O)CCC(C(=O)N1CCC[C@H]1C(=O)ON)O2. The molecule has 2 atom stereocenters. The molecule has 1 amide bonds. The van der Waals surface area contributed by atoms with Crippen LogP contribution in [0.3, 0.4) is 0 Å². The highest BCUT2D eigenvalue weighted by Crippen LogP contribution is 2.41. The molecule has 1 unspecified atom stereocenters. The molecule has 3 rings (SSSR count). The highest BCUT2D eigenvalue weighted by Gasteiger charge is 2.40. The second-order valence-corrected chi connectivity index (χ2v) is 6.89. The van der Waals surface area contributed by atoms with Gasteiger partial charge in [-0.3, -0.25) is 4.79 Å². The topological polar surface area (TPSA) is 111 Å². The average molecular weight is 361 g/mol. The second-order valence-electron chi connectivity index (χ2n) is 6.89. The van der Waals surface area contributed by atoms with Crippen LogP contribution in [-0.4, -0.2) is 35.5 Å². The summed E-state index contributed by atoms with van der Waals surface area (Å²) in [5, 5.41) is 3.15. The number of hydrogen-bond acceptors (Lipinski definition) is 7. The number of amides is 1. The highest BCUT2D eigenvalue weighted by molar-refractivity contribution is 5.88. The zero-order valence-electron chi connectivity index (χ0n) is 15.2. The minimum absolute atomic E-state index is 0.226. The Bertz CT molecular complexity index is 777. The Balaban J connectivity index is 1.88. The lowest BCUT2D eigenvalue weighted by Crippen LogP contribution is -2.49. The molecule has 1 aromatic rings. The molecular weight excluding hydrogens is 338 g/mol. The van der Waals surface area contributed by atoms with E-state index in [1.807, 2.05) is 20.8 Å². The molecule has 8 heteroatoms. The van der Waals surface area contributed by atoms with Gasteiger partial charge in [0.25, 0.3) is 5.91 Å². The maximum Gasteiger partial charge on any atom is 0.347 e. The minimum Gasteiger partial charge on any atom is -0.480 e. The average Bonchev–Trinajstić information content (AvgIpc) is 3.14. The van der Waals surface area contributed by atoms with E-state index < -0.39 is 18.1 Å². The first-order valence-corrected chi connectivity index (χ1v) is 8.74. The summed E-state index contributed by atoms with van der Waals surface area (Å²) in [6, 6.07) is -0.649. The number of ether oxygens (including phenoxy) is 1. The molecule has 2 heterocycles. The van der Waals surface area contributed by atoms with Gasteiger partial charge in [-0.2, -0.15) is 5.90 Å². The van der Waals surface area contributed by atoms with Gasteiger partial charge >= 0.3 is 5.97 Å². The number of rotatable bonds is 3. The van der Waals surface area contributed by atoms with Crippen molar-refractivity contribution in [3.63, 3.8) is 0 Å². The smallest absolute Gasteiger partial charge is 0.347 e. The van der Waals surface area contributed by atoms with E-state index in [2.05, 4.69) is 10.0 Å². The Hall–Kier alpha value is -2.48. The molecule has 0 bridgehead atoms. The van der Waals surface area contributed by atoms with Crippen molar-refractivity contribution >= 4 is 17.6 Å². The van der Waals surface area contributed by atoms with Gasteiger partial charge in [-0.1, -0.05) is 0 Å². The van der Waals surface area contributed by atoms with Gasteiger partial charge in [0, 0.05) is 6.54 Å². The number of carbonyl (C=O) groups is 2. The number of hydrogen-bond donors (Lipinski definition) is 1. The van der Waals surface area contributed by atoms with E-state index in [4.69, 9.17) is 10.6 Å². The third-order valence-electron chi connectivity index (χ3n) is 5.55. The minimum atomic E-state index is -0.666. The second kappa shape index (κ2) is 7.03. The largest absolute Gasteiger partial charge is 0.480 e. The maximum absolute atomic E-state index is 12.9. The molecule has 2 aliphatic rings. The van der Waals surface area contributed by atoms with Gasteiger partial charge in [-0.05, 0) is 73.9 Å². The van der Waals surface area contributed by atoms with Crippen LogP contribution in [0.5, 0.6) is 5.75 Å². The fourth-order valence-electron chi connectivity index (χ4n) is 3.96. The molecular formula is C18H23N3O5. The number of carbonyl (C=O) groups excluding carboxylic acids is 2. The number of likely N-dealkylation sites (tertiary alicyclic amines) is 1. The number of nitrogens with zero attached hydrogens (tertiary/aromatic N) is 2. The van der Waals surface area contributed by atoms with Crippen molar-refractivity contribution < 1.29 is 19.2 Å². The normalized spacial score (nSPS) is 21.8. The monoisotopic (exact) mass is 361 g/mol. The number of fused-ring (bicyclic) bond motifs is 1. The fourth-order valence-corrected chi connectivity index (χ4v) is 3.96. The van der Waals surface area contributed by atoms with Gasteiger partial charge in [0.15, 0.2) is 6.10 Å². The summed E-state index contributed by atoms with van der Waals surface area (Å²) in [7, 11) is 0. The van der Waals surface area contributed by atoms with E-state index in [1.165, 1.54) is 4.90 Å². The van der Waals surface area contributed by atoms with Crippen LogP contribution in [0, 0.1) is 25.7 Å². The summed E-state index contributed by atoms with van der Waals surface area (Å²) >= 11 is 0. The molecule has 8 nitrogen and oxygen atoms in total. The van der Waals surface area contributed by atoms with Crippen LogP contribution in [-0.2, 0) is 20.8 Å². The summed E-state index contributed by atoms with van der Waals surface area (Å²) in [5.74, 6) is 4.80. The molecule has 0 spiro atoms. The Labute approximate surface area is 151 Å². The zero-order chi connectivity index (χ0) is 19.0. The number of nitroso groups, excluding NO2 is 1. The van der Waals surface area contributed by atoms with Crippen LogP contribution >= 0.6 is 0 Å². The predicted octanol–water partition coefficient (Wildman–Crippen LogP) is 2.11. The van der Waals surface area contributed by atoms with Crippen LogP contribution in [0.15, 0.2) is 5.18 Å². The van der Waals surface area contributed by atoms with Crippen molar-refractivity contribution in [3.05, 3.63) is 27.2 Å². The van der Waals surface area contributed by atoms with Crippen LogP contribution in [0.4, 0.5) is 5.69 Å². The van der Waals surface area contributed by atoms with E-state index in [-0.39, 0.29) is 5.91 Å². The summed E-state index contributed by atoms with van der Waals surface area (Å²) in [4.78, 5) is 41.7. The molecule has 0 radical (unpaired) electrons. The summed E-state index contributed by atoms with van der Waals surface area (Å²) in [5.41, 5.74) is 3.74. The number of nitrogens with two attached hydrogens (primary N) is 1. The van der Waals surface area contributed by atoms with E-state index >= 15 is 0 Å².